The summed E-state index contributed by atoms with van der Waals surface area (Å²) in [6.45, 7) is 3.72. The molecule has 1 heterocycles. The number of halogens is 1. The van der Waals surface area contributed by atoms with Crippen molar-refractivity contribution in [1.29, 1.82) is 5.26 Å². The second-order valence-electron chi connectivity index (χ2n) is 4.77. The third-order valence-corrected chi connectivity index (χ3v) is 3.86. The summed E-state index contributed by atoms with van der Waals surface area (Å²) < 4.78 is 5.57. The molecule has 1 aliphatic heterocycles. The lowest BCUT2D eigenvalue weighted by Gasteiger charge is -2.26. The average Bonchev–Trinajstić information content (AvgIpc) is 2.78. The van der Waals surface area contributed by atoms with Crippen molar-refractivity contribution in [3.63, 3.8) is 0 Å². The first-order valence-electron chi connectivity index (χ1n) is 6.12. The van der Waals surface area contributed by atoms with Crippen LogP contribution in [0.25, 0.3) is 0 Å². The lowest BCUT2D eigenvalue weighted by atomic mass is 10.1. The van der Waals surface area contributed by atoms with Crippen LogP contribution in [0, 0.1) is 11.3 Å². The molecule has 0 amide bonds. The van der Waals surface area contributed by atoms with Crippen LogP contribution in [0.4, 0.5) is 0 Å². The Labute approximate surface area is 113 Å². The Morgan fingerprint density at radius 3 is 2.89 bits per heavy atom. The van der Waals surface area contributed by atoms with E-state index in [1.165, 1.54) is 0 Å². The molecule has 1 saturated heterocycles. The van der Waals surface area contributed by atoms with E-state index in [9.17, 15) is 0 Å². The number of likely N-dealkylation sites (N-methyl/N-ethyl adjacent to an activating group) is 1. The second kappa shape index (κ2) is 5.71. The molecule has 0 aromatic heterocycles. The van der Waals surface area contributed by atoms with Gasteiger partial charge in [-0.3, -0.25) is 4.90 Å². The number of ether oxygens (including phenoxy) is 1. The normalized spacial score (nSPS) is 23.3. The zero-order chi connectivity index (χ0) is 13.1. The monoisotopic (exact) mass is 264 g/mol. The SMILES string of the molecule is CC1OCCC1N(C)Cc1ccc(C#N)cc1Cl. The van der Waals surface area contributed by atoms with Gasteiger partial charge in [0.2, 0.25) is 0 Å². The summed E-state index contributed by atoms with van der Waals surface area (Å²) >= 11 is 6.19. The Morgan fingerprint density at radius 1 is 1.56 bits per heavy atom. The molecule has 2 unspecified atom stereocenters. The summed E-state index contributed by atoms with van der Waals surface area (Å²) in [6.07, 6.45) is 1.33. The van der Waals surface area contributed by atoms with Crippen molar-refractivity contribution < 1.29 is 4.74 Å². The molecule has 1 fully saturated rings. The first-order chi connectivity index (χ1) is 8.61. The van der Waals surface area contributed by atoms with E-state index in [1.807, 2.05) is 12.1 Å². The highest BCUT2D eigenvalue weighted by atomic mass is 35.5. The van der Waals surface area contributed by atoms with E-state index in [-0.39, 0.29) is 6.10 Å². The van der Waals surface area contributed by atoms with Gasteiger partial charge in [-0.15, -0.1) is 0 Å². The van der Waals surface area contributed by atoms with Crippen LogP contribution in [0.15, 0.2) is 18.2 Å². The molecule has 4 heteroatoms. The van der Waals surface area contributed by atoms with Gasteiger partial charge in [-0.05, 0) is 38.1 Å². The highest BCUT2D eigenvalue weighted by Gasteiger charge is 2.27. The van der Waals surface area contributed by atoms with Gasteiger partial charge in [0, 0.05) is 24.2 Å². The van der Waals surface area contributed by atoms with Gasteiger partial charge in [0.15, 0.2) is 0 Å². The Balaban J connectivity index is 2.07. The van der Waals surface area contributed by atoms with E-state index < -0.39 is 0 Å². The van der Waals surface area contributed by atoms with Crippen molar-refractivity contribution >= 4 is 11.6 Å². The molecule has 3 nitrogen and oxygen atoms in total. The predicted molar refractivity (Wildman–Crippen MR) is 71.5 cm³/mol. The third kappa shape index (κ3) is 2.84. The Hall–Kier alpha value is -1.08. The molecule has 0 radical (unpaired) electrons. The standard InChI is InChI=1S/C14H17ClN2O/c1-10-14(5-6-18-10)17(2)9-12-4-3-11(8-16)7-13(12)15/h3-4,7,10,14H,5-6,9H2,1-2H3. The van der Waals surface area contributed by atoms with Gasteiger partial charge < -0.3 is 4.74 Å². The van der Waals surface area contributed by atoms with Crippen LogP contribution < -0.4 is 0 Å². The molecule has 2 rings (SSSR count). The van der Waals surface area contributed by atoms with E-state index >= 15 is 0 Å². The zero-order valence-electron chi connectivity index (χ0n) is 10.7. The maximum Gasteiger partial charge on any atom is 0.0992 e. The molecule has 2 atom stereocenters. The van der Waals surface area contributed by atoms with Crippen molar-refractivity contribution in [1.82, 2.24) is 4.90 Å². The van der Waals surface area contributed by atoms with Crippen molar-refractivity contribution in [2.45, 2.75) is 32.0 Å². The van der Waals surface area contributed by atoms with Gasteiger partial charge in [-0.25, -0.2) is 0 Å². The number of nitrogens with zero attached hydrogens (tertiary/aromatic N) is 2. The van der Waals surface area contributed by atoms with Gasteiger partial charge in [-0.1, -0.05) is 17.7 Å². The second-order valence-corrected chi connectivity index (χ2v) is 5.17. The van der Waals surface area contributed by atoms with Crippen molar-refractivity contribution in [2.75, 3.05) is 13.7 Å². The Kier molecular flexibility index (Phi) is 4.23. The van der Waals surface area contributed by atoms with Crippen LogP contribution in [0.2, 0.25) is 5.02 Å². The van der Waals surface area contributed by atoms with Crippen LogP contribution in [0.3, 0.4) is 0 Å². The van der Waals surface area contributed by atoms with Crippen LogP contribution in [-0.4, -0.2) is 30.7 Å². The molecule has 0 spiro atoms. The maximum absolute atomic E-state index is 8.81. The van der Waals surface area contributed by atoms with E-state index in [0.29, 0.717) is 16.6 Å². The molecule has 0 N–H and O–H groups in total. The van der Waals surface area contributed by atoms with Gasteiger partial charge >= 0.3 is 0 Å². The van der Waals surface area contributed by atoms with Gasteiger partial charge in [-0.2, -0.15) is 5.26 Å². The topological polar surface area (TPSA) is 36.3 Å². The van der Waals surface area contributed by atoms with Crippen LogP contribution in [-0.2, 0) is 11.3 Å². The number of rotatable bonds is 3. The molecule has 18 heavy (non-hydrogen) atoms. The zero-order valence-corrected chi connectivity index (χ0v) is 11.4. The predicted octanol–water partition coefficient (Wildman–Crippen LogP) is 2.82. The molecule has 96 valence electrons. The first-order valence-corrected chi connectivity index (χ1v) is 6.50. The van der Waals surface area contributed by atoms with E-state index in [0.717, 1.165) is 25.1 Å². The minimum atomic E-state index is 0.271. The number of hydrogen-bond donors (Lipinski definition) is 0. The minimum absolute atomic E-state index is 0.271. The molecule has 1 aromatic rings. The van der Waals surface area contributed by atoms with Crippen LogP contribution >= 0.6 is 11.6 Å². The first kappa shape index (κ1) is 13.4. The van der Waals surface area contributed by atoms with E-state index in [4.69, 9.17) is 21.6 Å². The highest BCUT2D eigenvalue weighted by Crippen LogP contribution is 2.23. The molecule has 1 aromatic carbocycles. The molecular formula is C14H17ClN2O. The van der Waals surface area contributed by atoms with Gasteiger partial charge in [0.1, 0.15) is 0 Å². The summed E-state index contributed by atoms with van der Waals surface area (Å²) in [7, 11) is 2.09. The van der Waals surface area contributed by atoms with Crippen molar-refractivity contribution in [3.05, 3.63) is 34.3 Å². The third-order valence-electron chi connectivity index (χ3n) is 3.50. The fourth-order valence-electron chi connectivity index (χ4n) is 2.43. The fraction of sp³-hybridized carbons (Fsp3) is 0.500. The number of nitriles is 1. The van der Waals surface area contributed by atoms with Crippen molar-refractivity contribution in [2.24, 2.45) is 0 Å². The molecule has 0 aliphatic carbocycles. The summed E-state index contributed by atoms with van der Waals surface area (Å²) in [5, 5.41) is 9.47. The quantitative estimate of drug-likeness (QED) is 0.842. The van der Waals surface area contributed by atoms with E-state index in [1.54, 1.807) is 6.07 Å². The Morgan fingerprint density at radius 2 is 2.33 bits per heavy atom. The van der Waals surface area contributed by atoms with Gasteiger partial charge in [0.25, 0.3) is 0 Å². The van der Waals surface area contributed by atoms with E-state index in [2.05, 4.69) is 24.9 Å². The fourth-order valence-corrected chi connectivity index (χ4v) is 2.67. The molecular weight excluding hydrogens is 248 g/mol. The smallest absolute Gasteiger partial charge is 0.0992 e. The number of benzene rings is 1. The molecule has 0 bridgehead atoms. The van der Waals surface area contributed by atoms with Crippen LogP contribution in [0.1, 0.15) is 24.5 Å². The summed E-state index contributed by atoms with van der Waals surface area (Å²) in [5.41, 5.74) is 1.65. The lowest BCUT2D eigenvalue weighted by Crippen LogP contribution is -2.36. The minimum Gasteiger partial charge on any atom is -0.377 e. The largest absolute Gasteiger partial charge is 0.377 e. The molecule has 1 aliphatic rings. The Bertz CT molecular complexity index is 469. The summed E-state index contributed by atoms with van der Waals surface area (Å²) in [5.74, 6) is 0. The average molecular weight is 265 g/mol. The highest BCUT2D eigenvalue weighted by molar-refractivity contribution is 6.31. The summed E-state index contributed by atoms with van der Waals surface area (Å²) in [4.78, 5) is 2.27. The molecule has 0 saturated carbocycles. The van der Waals surface area contributed by atoms with Crippen molar-refractivity contribution in [3.8, 4) is 6.07 Å². The maximum atomic E-state index is 8.81. The summed E-state index contributed by atoms with van der Waals surface area (Å²) in [6, 6.07) is 7.99. The number of hydrogen-bond acceptors (Lipinski definition) is 3. The van der Waals surface area contributed by atoms with Crippen LogP contribution in [0.5, 0.6) is 0 Å². The lowest BCUT2D eigenvalue weighted by molar-refractivity contribution is 0.0814. The van der Waals surface area contributed by atoms with Gasteiger partial charge in [0.05, 0.1) is 17.7 Å².